The molecule has 2 N–H and O–H groups in total. The van der Waals surface area contributed by atoms with Crippen molar-refractivity contribution in [2.45, 2.75) is 30.5 Å². The highest BCUT2D eigenvalue weighted by atomic mass is 32.2. The molecule has 1 aliphatic heterocycles. The molecular formula is C18H21N5O3S. The van der Waals surface area contributed by atoms with E-state index in [9.17, 15) is 14.4 Å². The van der Waals surface area contributed by atoms with E-state index in [-0.39, 0.29) is 5.75 Å². The first kappa shape index (κ1) is 19.0. The molecule has 27 heavy (non-hydrogen) atoms. The fourth-order valence-electron chi connectivity index (χ4n) is 2.77. The SMILES string of the molecule is Cn1ccnc1SCC(=O)NN1C(=O)N[C@](C)(CCc2ccccc2)C1=O. The van der Waals surface area contributed by atoms with Gasteiger partial charge in [-0.25, -0.2) is 9.78 Å². The third kappa shape index (κ3) is 4.30. The molecule has 1 aromatic heterocycles. The van der Waals surface area contributed by atoms with Crippen LogP contribution in [0.2, 0.25) is 0 Å². The number of nitrogens with one attached hydrogen (secondary N) is 2. The Hall–Kier alpha value is -2.81. The van der Waals surface area contributed by atoms with E-state index in [0.29, 0.717) is 18.0 Å². The number of imidazole rings is 1. The lowest BCUT2D eigenvalue weighted by Crippen LogP contribution is -2.49. The highest BCUT2D eigenvalue weighted by Gasteiger charge is 2.48. The largest absolute Gasteiger partial charge is 0.344 e. The van der Waals surface area contributed by atoms with Crippen molar-refractivity contribution in [3.8, 4) is 0 Å². The van der Waals surface area contributed by atoms with Crippen LogP contribution in [0.4, 0.5) is 4.79 Å². The summed E-state index contributed by atoms with van der Waals surface area (Å²) in [5.41, 5.74) is 2.42. The minimum atomic E-state index is -1.05. The predicted octanol–water partition coefficient (Wildman–Crippen LogP) is 1.49. The van der Waals surface area contributed by atoms with Crippen molar-refractivity contribution in [2.24, 2.45) is 7.05 Å². The van der Waals surface area contributed by atoms with Gasteiger partial charge in [0.25, 0.3) is 5.91 Å². The van der Waals surface area contributed by atoms with Gasteiger partial charge in [0.15, 0.2) is 5.16 Å². The van der Waals surface area contributed by atoms with Crippen LogP contribution < -0.4 is 10.7 Å². The van der Waals surface area contributed by atoms with Gasteiger partial charge < -0.3 is 9.88 Å². The summed E-state index contributed by atoms with van der Waals surface area (Å²) in [4.78, 5) is 41.1. The first-order valence-corrected chi connectivity index (χ1v) is 9.48. The molecule has 0 spiro atoms. The van der Waals surface area contributed by atoms with Gasteiger partial charge >= 0.3 is 6.03 Å². The molecule has 0 bridgehead atoms. The molecule has 9 heteroatoms. The topological polar surface area (TPSA) is 96.3 Å². The molecule has 1 aromatic carbocycles. The number of carbonyl (C=O) groups is 3. The number of aryl methyl sites for hydroxylation is 2. The first-order valence-electron chi connectivity index (χ1n) is 8.49. The van der Waals surface area contributed by atoms with Crippen molar-refractivity contribution in [1.29, 1.82) is 0 Å². The second kappa shape index (κ2) is 7.83. The quantitative estimate of drug-likeness (QED) is 0.554. The van der Waals surface area contributed by atoms with Crippen LogP contribution in [0.25, 0.3) is 0 Å². The minimum Gasteiger partial charge on any atom is -0.329 e. The maximum Gasteiger partial charge on any atom is 0.344 e. The Morgan fingerprint density at radius 3 is 2.70 bits per heavy atom. The molecule has 0 unspecified atom stereocenters. The average molecular weight is 387 g/mol. The number of urea groups is 1. The van der Waals surface area contributed by atoms with Crippen molar-refractivity contribution in [2.75, 3.05) is 5.75 Å². The van der Waals surface area contributed by atoms with Gasteiger partial charge in [0, 0.05) is 19.4 Å². The van der Waals surface area contributed by atoms with Gasteiger partial charge in [-0.2, -0.15) is 5.01 Å². The lowest BCUT2D eigenvalue weighted by molar-refractivity contribution is -0.138. The Kier molecular flexibility index (Phi) is 5.50. The monoisotopic (exact) mass is 387 g/mol. The Labute approximate surface area is 161 Å². The Bertz CT molecular complexity index is 854. The molecule has 2 heterocycles. The van der Waals surface area contributed by atoms with E-state index >= 15 is 0 Å². The number of hydrazine groups is 1. The van der Waals surface area contributed by atoms with Crippen LogP contribution in [0.5, 0.6) is 0 Å². The molecular weight excluding hydrogens is 366 g/mol. The van der Waals surface area contributed by atoms with Gasteiger partial charge in [0.05, 0.1) is 5.75 Å². The number of aromatic nitrogens is 2. The standard InChI is InChI=1S/C18H21N5O3S/c1-18(9-8-13-6-4-3-5-7-13)15(25)23(16(26)20-18)21-14(24)12-27-17-19-10-11-22(17)2/h3-7,10-11H,8-9,12H2,1-2H3,(H,20,26)(H,21,24)/t18-/m1/s1. The zero-order valence-corrected chi connectivity index (χ0v) is 16.0. The summed E-state index contributed by atoms with van der Waals surface area (Å²) in [7, 11) is 1.82. The Morgan fingerprint density at radius 2 is 2.04 bits per heavy atom. The fourth-order valence-corrected chi connectivity index (χ4v) is 3.50. The molecule has 2 aromatic rings. The molecule has 3 rings (SSSR count). The summed E-state index contributed by atoms with van der Waals surface area (Å²) in [6.07, 6.45) is 4.49. The lowest BCUT2D eigenvalue weighted by atomic mass is 9.93. The van der Waals surface area contributed by atoms with Crippen molar-refractivity contribution in [3.63, 3.8) is 0 Å². The molecule has 0 radical (unpaired) electrons. The van der Waals surface area contributed by atoms with Gasteiger partial charge in [-0.1, -0.05) is 42.1 Å². The molecule has 1 fully saturated rings. The van der Waals surface area contributed by atoms with Gasteiger partial charge in [0.1, 0.15) is 5.54 Å². The van der Waals surface area contributed by atoms with Gasteiger partial charge in [-0.05, 0) is 25.3 Å². The van der Waals surface area contributed by atoms with Crippen LogP contribution in [-0.2, 0) is 23.1 Å². The zero-order valence-electron chi connectivity index (χ0n) is 15.1. The zero-order chi connectivity index (χ0) is 19.4. The van der Waals surface area contributed by atoms with Crippen LogP contribution in [0.3, 0.4) is 0 Å². The molecule has 1 aliphatic rings. The highest BCUT2D eigenvalue weighted by Crippen LogP contribution is 2.22. The van der Waals surface area contributed by atoms with E-state index in [1.807, 2.05) is 37.4 Å². The first-order chi connectivity index (χ1) is 12.9. The van der Waals surface area contributed by atoms with Gasteiger partial charge in [-0.15, -0.1) is 0 Å². The van der Waals surface area contributed by atoms with Crippen LogP contribution in [0.1, 0.15) is 18.9 Å². The van der Waals surface area contributed by atoms with Crippen LogP contribution in [-0.4, -0.2) is 43.7 Å². The van der Waals surface area contributed by atoms with E-state index in [2.05, 4.69) is 15.7 Å². The number of hydrogen-bond donors (Lipinski definition) is 2. The highest BCUT2D eigenvalue weighted by molar-refractivity contribution is 7.99. The summed E-state index contributed by atoms with van der Waals surface area (Å²) in [6, 6.07) is 9.11. The number of carbonyl (C=O) groups excluding carboxylic acids is 3. The summed E-state index contributed by atoms with van der Waals surface area (Å²) in [6.45, 7) is 1.67. The second-order valence-electron chi connectivity index (χ2n) is 6.53. The predicted molar refractivity (Wildman–Crippen MR) is 101 cm³/mol. The van der Waals surface area contributed by atoms with Crippen LogP contribution in [0, 0.1) is 0 Å². The summed E-state index contributed by atoms with van der Waals surface area (Å²) < 4.78 is 1.78. The normalized spacial score (nSPS) is 19.3. The molecule has 1 atom stereocenters. The molecule has 142 valence electrons. The molecule has 4 amide bonds. The summed E-state index contributed by atoms with van der Waals surface area (Å²) >= 11 is 1.23. The summed E-state index contributed by atoms with van der Waals surface area (Å²) in [5, 5.41) is 4.13. The maximum absolute atomic E-state index is 12.7. The number of nitrogens with zero attached hydrogens (tertiary/aromatic N) is 3. The Balaban J connectivity index is 1.56. The van der Waals surface area contributed by atoms with Crippen LogP contribution in [0.15, 0.2) is 47.9 Å². The number of hydrogen-bond acceptors (Lipinski definition) is 5. The molecule has 1 saturated heterocycles. The average Bonchev–Trinajstić information content (AvgIpc) is 3.16. The number of imide groups is 1. The maximum atomic E-state index is 12.7. The van der Waals surface area contributed by atoms with Crippen molar-refractivity contribution >= 4 is 29.6 Å². The van der Waals surface area contributed by atoms with E-state index in [4.69, 9.17) is 0 Å². The van der Waals surface area contributed by atoms with E-state index in [0.717, 1.165) is 10.6 Å². The van der Waals surface area contributed by atoms with Crippen molar-refractivity contribution < 1.29 is 14.4 Å². The lowest BCUT2D eigenvalue weighted by Gasteiger charge is -2.21. The van der Waals surface area contributed by atoms with Crippen molar-refractivity contribution in [3.05, 3.63) is 48.3 Å². The minimum absolute atomic E-state index is 0.0443. The van der Waals surface area contributed by atoms with E-state index in [1.54, 1.807) is 23.9 Å². The molecule has 0 aliphatic carbocycles. The fraction of sp³-hybridized carbons (Fsp3) is 0.333. The smallest absolute Gasteiger partial charge is 0.329 e. The Morgan fingerprint density at radius 1 is 1.30 bits per heavy atom. The number of benzene rings is 1. The third-order valence-electron chi connectivity index (χ3n) is 4.36. The number of amides is 4. The van der Waals surface area contributed by atoms with E-state index in [1.165, 1.54) is 11.8 Å². The second-order valence-corrected chi connectivity index (χ2v) is 7.48. The van der Waals surface area contributed by atoms with Crippen LogP contribution >= 0.6 is 11.8 Å². The van der Waals surface area contributed by atoms with E-state index < -0.39 is 23.4 Å². The molecule has 8 nitrogen and oxygen atoms in total. The molecule has 0 saturated carbocycles. The summed E-state index contributed by atoms with van der Waals surface area (Å²) in [5.74, 6) is -0.861. The number of thioether (sulfide) groups is 1. The van der Waals surface area contributed by atoms with Crippen molar-refractivity contribution in [1.82, 2.24) is 25.3 Å². The number of rotatable bonds is 7. The van der Waals surface area contributed by atoms with Gasteiger partial charge in [-0.3, -0.25) is 15.0 Å². The third-order valence-corrected chi connectivity index (χ3v) is 5.42. The van der Waals surface area contributed by atoms with Gasteiger partial charge in [0.2, 0.25) is 5.91 Å².